The summed E-state index contributed by atoms with van der Waals surface area (Å²) in [6.45, 7) is 2.03. The molecule has 0 aliphatic heterocycles. The van der Waals surface area contributed by atoms with Gasteiger partial charge in [-0.25, -0.2) is 4.98 Å². The van der Waals surface area contributed by atoms with Gasteiger partial charge in [0.25, 0.3) is 0 Å². The maximum absolute atomic E-state index is 12.6. The molecule has 4 nitrogen and oxygen atoms in total. The lowest BCUT2D eigenvalue weighted by Gasteiger charge is -2.32. The molecule has 2 aromatic rings. The van der Waals surface area contributed by atoms with Gasteiger partial charge in [0, 0.05) is 28.9 Å². The van der Waals surface area contributed by atoms with Crippen molar-refractivity contribution in [2.75, 3.05) is 12.4 Å². The molecule has 1 aromatic carbocycles. The normalized spacial score (nSPS) is 21.0. The van der Waals surface area contributed by atoms with E-state index in [0.717, 1.165) is 31.4 Å². The van der Waals surface area contributed by atoms with Gasteiger partial charge in [0.2, 0.25) is 11.8 Å². The van der Waals surface area contributed by atoms with Crippen LogP contribution in [0, 0.1) is 11.8 Å². The number of anilines is 1. The minimum atomic E-state index is -0.00129. The third kappa shape index (κ3) is 4.55. The number of ether oxygens (including phenoxy) is 1. The highest BCUT2D eigenvalue weighted by molar-refractivity contribution is 6.30. The molecule has 3 rings (SSSR count). The van der Waals surface area contributed by atoms with Crippen LogP contribution in [0.3, 0.4) is 0 Å². The van der Waals surface area contributed by atoms with Crippen LogP contribution in [0.1, 0.15) is 44.1 Å². The van der Waals surface area contributed by atoms with E-state index in [1.165, 1.54) is 5.56 Å². The lowest BCUT2D eigenvalue weighted by atomic mass is 9.74. The van der Waals surface area contributed by atoms with Crippen LogP contribution < -0.4 is 10.1 Å². The van der Waals surface area contributed by atoms with E-state index in [0.29, 0.717) is 22.7 Å². The third-order valence-corrected chi connectivity index (χ3v) is 5.70. The Bertz CT molecular complexity index is 740. The van der Waals surface area contributed by atoms with Crippen molar-refractivity contribution in [1.82, 2.24) is 4.98 Å². The number of pyridine rings is 1. The molecule has 26 heavy (non-hydrogen) atoms. The van der Waals surface area contributed by atoms with Gasteiger partial charge in [-0.3, -0.25) is 4.79 Å². The zero-order valence-corrected chi connectivity index (χ0v) is 16.0. The molecular formula is C21H25ClN2O2. The maximum Gasteiger partial charge on any atom is 0.227 e. The van der Waals surface area contributed by atoms with Crippen molar-refractivity contribution in [3.63, 3.8) is 0 Å². The molecule has 1 aromatic heterocycles. The average molecular weight is 373 g/mol. The molecular weight excluding hydrogens is 348 g/mol. The number of aromatic nitrogens is 1. The zero-order chi connectivity index (χ0) is 18.5. The number of methoxy groups -OCH3 is 1. The first-order valence-electron chi connectivity index (χ1n) is 9.13. The van der Waals surface area contributed by atoms with Gasteiger partial charge >= 0.3 is 0 Å². The van der Waals surface area contributed by atoms with Crippen LogP contribution in [0.15, 0.2) is 42.6 Å². The summed E-state index contributed by atoms with van der Waals surface area (Å²) in [4.78, 5) is 16.7. The Balaban J connectivity index is 1.55. The Morgan fingerprint density at radius 1 is 1.19 bits per heavy atom. The number of carbonyl (C=O) groups excluding carboxylic acids is 1. The van der Waals surface area contributed by atoms with Crippen molar-refractivity contribution in [2.45, 2.75) is 38.5 Å². The van der Waals surface area contributed by atoms with Crippen molar-refractivity contribution in [1.29, 1.82) is 0 Å². The van der Waals surface area contributed by atoms with Gasteiger partial charge in [0.1, 0.15) is 0 Å². The number of carbonyl (C=O) groups is 1. The predicted octanol–water partition coefficient (Wildman–Crippen LogP) is 5.29. The van der Waals surface area contributed by atoms with Crippen molar-refractivity contribution in [3.8, 4) is 5.88 Å². The van der Waals surface area contributed by atoms with Gasteiger partial charge in [-0.1, -0.05) is 18.5 Å². The number of hydrogen-bond donors (Lipinski definition) is 1. The maximum atomic E-state index is 12.6. The molecule has 1 atom stereocenters. The SMILES string of the molecule is COc1cc(C2CCC([C@H](C)C(=O)Nc3ccc(Cl)cc3)CC2)ccn1. The lowest BCUT2D eigenvalue weighted by molar-refractivity contribution is -0.121. The summed E-state index contributed by atoms with van der Waals surface area (Å²) in [6.07, 6.45) is 6.12. The number of halogens is 1. The van der Waals surface area contributed by atoms with Crippen LogP contribution in [0.2, 0.25) is 5.02 Å². The van der Waals surface area contributed by atoms with Gasteiger partial charge in [0.05, 0.1) is 7.11 Å². The molecule has 0 saturated heterocycles. The first kappa shape index (κ1) is 18.7. The van der Waals surface area contributed by atoms with E-state index in [9.17, 15) is 4.79 Å². The highest BCUT2D eigenvalue weighted by atomic mass is 35.5. The monoisotopic (exact) mass is 372 g/mol. The summed E-state index contributed by atoms with van der Waals surface area (Å²) in [5.41, 5.74) is 2.08. The zero-order valence-electron chi connectivity index (χ0n) is 15.2. The summed E-state index contributed by atoms with van der Waals surface area (Å²) in [5, 5.41) is 3.67. The van der Waals surface area contributed by atoms with Crippen LogP contribution in [0.25, 0.3) is 0 Å². The first-order valence-corrected chi connectivity index (χ1v) is 9.51. The molecule has 0 radical (unpaired) electrons. The minimum absolute atomic E-state index is 0.00129. The second kappa shape index (κ2) is 8.54. The number of nitrogens with one attached hydrogen (secondary N) is 1. The van der Waals surface area contributed by atoms with Gasteiger partial charge in [-0.2, -0.15) is 0 Å². The summed E-state index contributed by atoms with van der Waals surface area (Å²) >= 11 is 5.89. The summed E-state index contributed by atoms with van der Waals surface area (Å²) in [5.74, 6) is 1.69. The Labute approximate surface area is 159 Å². The Hall–Kier alpha value is -2.07. The second-order valence-electron chi connectivity index (χ2n) is 7.03. The Kier molecular flexibility index (Phi) is 6.15. The second-order valence-corrected chi connectivity index (χ2v) is 7.46. The van der Waals surface area contributed by atoms with Gasteiger partial charge in [-0.15, -0.1) is 0 Å². The molecule has 1 saturated carbocycles. The quantitative estimate of drug-likeness (QED) is 0.775. The molecule has 138 valence electrons. The first-order chi connectivity index (χ1) is 12.6. The molecule has 1 aliphatic rings. The topological polar surface area (TPSA) is 51.2 Å². The molecule has 5 heteroatoms. The van der Waals surface area contributed by atoms with Crippen molar-refractivity contribution < 1.29 is 9.53 Å². The fourth-order valence-corrected chi connectivity index (χ4v) is 3.87. The van der Waals surface area contributed by atoms with E-state index < -0.39 is 0 Å². The van der Waals surface area contributed by atoms with Gasteiger partial charge in [0.15, 0.2) is 0 Å². The molecule has 1 heterocycles. The fraction of sp³-hybridized carbons (Fsp3) is 0.429. The predicted molar refractivity (Wildman–Crippen MR) is 105 cm³/mol. The summed E-state index contributed by atoms with van der Waals surface area (Å²) < 4.78 is 5.23. The molecule has 1 aliphatic carbocycles. The van der Waals surface area contributed by atoms with Crippen molar-refractivity contribution in [3.05, 3.63) is 53.2 Å². The third-order valence-electron chi connectivity index (χ3n) is 5.44. The number of hydrogen-bond acceptors (Lipinski definition) is 3. The summed E-state index contributed by atoms with van der Waals surface area (Å²) in [7, 11) is 1.64. The van der Waals surface area contributed by atoms with Crippen molar-refractivity contribution >= 4 is 23.2 Å². The number of nitrogens with zero attached hydrogens (tertiary/aromatic N) is 1. The largest absolute Gasteiger partial charge is 0.481 e. The number of benzene rings is 1. The smallest absolute Gasteiger partial charge is 0.227 e. The van der Waals surface area contributed by atoms with E-state index >= 15 is 0 Å². The molecule has 0 bridgehead atoms. The van der Waals surface area contributed by atoms with Crippen LogP contribution in [0.5, 0.6) is 5.88 Å². The van der Waals surface area contributed by atoms with Crippen LogP contribution in [-0.2, 0) is 4.79 Å². The van der Waals surface area contributed by atoms with Crippen LogP contribution >= 0.6 is 11.6 Å². The van der Waals surface area contributed by atoms with E-state index in [2.05, 4.69) is 16.4 Å². The highest BCUT2D eigenvalue weighted by Crippen LogP contribution is 2.39. The molecule has 1 fully saturated rings. The molecule has 1 amide bonds. The van der Waals surface area contributed by atoms with Crippen LogP contribution in [0.4, 0.5) is 5.69 Å². The number of amides is 1. The van der Waals surface area contributed by atoms with Crippen molar-refractivity contribution in [2.24, 2.45) is 11.8 Å². The lowest BCUT2D eigenvalue weighted by Crippen LogP contribution is -2.29. The van der Waals surface area contributed by atoms with E-state index in [4.69, 9.17) is 16.3 Å². The Morgan fingerprint density at radius 2 is 1.88 bits per heavy atom. The Morgan fingerprint density at radius 3 is 2.54 bits per heavy atom. The molecule has 0 unspecified atom stereocenters. The van der Waals surface area contributed by atoms with Crippen LogP contribution in [-0.4, -0.2) is 18.0 Å². The van der Waals surface area contributed by atoms with Gasteiger partial charge < -0.3 is 10.1 Å². The summed E-state index contributed by atoms with van der Waals surface area (Å²) in [6, 6.07) is 11.3. The van der Waals surface area contributed by atoms with E-state index in [-0.39, 0.29) is 11.8 Å². The minimum Gasteiger partial charge on any atom is -0.481 e. The molecule has 0 spiro atoms. The van der Waals surface area contributed by atoms with E-state index in [1.54, 1.807) is 19.2 Å². The number of rotatable bonds is 5. The standard InChI is InChI=1S/C21H25ClN2O2/c1-14(21(25)24-19-9-7-18(22)8-10-19)15-3-5-16(6-4-15)17-11-12-23-20(13-17)26-2/h7-16H,3-6H2,1-2H3,(H,24,25)/t14-,15?,16?/m0/s1. The van der Waals surface area contributed by atoms with E-state index in [1.807, 2.05) is 31.3 Å². The fourth-order valence-electron chi connectivity index (χ4n) is 3.75. The molecule has 1 N–H and O–H groups in total. The highest BCUT2D eigenvalue weighted by Gasteiger charge is 2.29. The average Bonchev–Trinajstić information content (AvgIpc) is 2.69. The van der Waals surface area contributed by atoms with Gasteiger partial charge in [-0.05, 0) is 73.4 Å².